The second-order valence-corrected chi connectivity index (χ2v) is 2.56. The molecule has 0 aromatic heterocycles. The number of primary amides is 1. The molecular weight excluding hydrogens is 174 g/mol. The molecule has 13 heavy (non-hydrogen) atoms. The van der Waals surface area contributed by atoms with E-state index in [2.05, 4.69) is 0 Å². The molecular formula is C7H15N3O3. The van der Waals surface area contributed by atoms with Crippen molar-refractivity contribution in [1.82, 2.24) is 4.90 Å². The van der Waals surface area contributed by atoms with Gasteiger partial charge in [0.15, 0.2) is 0 Å². The van der Waals surface area contributed by atoms with Crippen LogP contribution < -0.4 is 11.5 Å². The maximum atomic E-state index is 11.1. The van der Waals surface area contributed by atoms with Crippen LogP contribution >= 0.6 is 0 Å². The van der Waals surface area contributed by atoms with Gasteiger partial charge in [-0.15, -0.1) is 0 Å². The van der Waals surface area contributed by atoms with E-state index in [1.807, 2.05) is 0 Å². The molecule has 0 aromatic rings. The second kappa shape index (κ2) is 6.38. The summed E-state index contributed by atoms with van der Waals surface area (Å²) >= 11 is 0. The molecule has 0 atom stereocenters. The smallest absolute Gasteiger partial charge is 0.248 e. The van der Waals surface area contributed by atoms with Crippen molar-refractivity contribution in [2.24, 2.45) is 11.5 Å². The van der Waals surface area contributed by atoms with Crippen LogP contribution in [0.1, 0.15) is 0 Å². The van der Waals surface area contributed by atoms with E-state index in [-0.39, 0.29) is 19.1 Å². The van der Waals surface area contributed by atoms with Crippen molar-refractivity contribution in [2.75, 3.05) is 33.4 Å². The molecule has 0 saturated carbocycles. The molecule has 0 unspecified atom stereocenters. The van der Waals surface area contributed by atoms with Crippen molar-refractivity contribution in [1.29, 1.82) is 0 Å². The van der Waals surface area contributed by atoms with E-state index in [1.165, 1.54) is 11.9 Å². The van der Waals surface area contributed by atoms with E-state index in [0.717, 1.165) is 0 Å². The van der Waals surface area contributed by atoms with Crippen LogP contribution in [0.5, 0.6) is 0 Å². The zero-order chi connectivity index (χ0) is 10.3. The predicted molar refractivity (Wildman–Crippen MR) is 46.7 cm³/mol. The molecule has 0 aliphatic rings. The normalized spacial score (nSPS) is 9.69. The second-order valence-electron chi connectivity index (χ2n) is 2.56. The third kappa shape index (κ3) is 6.06. The summed E-state index contributed by atoms with van der Waals surface area (Å²) in [5.41, 5.74) is 10.0. The quantitative estimate of drug-likeness (QED) is 0.468. The molecule has 0 spiro atoms. The Morgan fingerprint density at radius 1 is 1.46 bits per heavy atom. The minimum absolute atomic E-state index is 0.0685. The van der Waals surface area contributed by atoms with Crippen LogP contribution in [0.3, 0.4) is 0 Å². The molecule has 0 aromatic carbocycles. The summed E-state index contributed by atoms with van der Waals surface area (Å²) in [5, 5.41) is 0. The first-order valence-electron chi connectivity index (χ1n) is 3.88. The Hall–Kier alpha value is -1.14. The zero-order valence-electron chi connectivity index (χ0n) is 7.66. The van der Waals surface area contributed by atoms with Gasteiger partial charge in [-0.2, -0.15) is 0 Å². The summed E-state index contributed by atoms with van der Waals surface area (Å²) in [6.07, 6.45) is 0. The average Bonchev–Trinajstić information content (AvgIpc) is 2.03. The maximum absolute atomic E-state index is 11.1. The van der Waals surface area contributed by atoms with Crippen molar-refractivity contribution >= 4 is 11.8 Å². The lowest BCUT2D eigenvalue weighted by atomic mass is 10.5. The van der Waals surface area contributed by atoms with Crippen LogP contribution in [0.15, 0.2) is 0 Å². The highest BCUT2D eigenvalue weighted by Gasteiger charge is 2.10. The number of carbonyl (C=O) groups is 2. The fourth-order valence-corrected chi connectivity index (χ4v) is 0.675. The van der Waals surface area contributed by atoms with E-state index >= 15 is 0 Å². The van der Waals surface area contributed by atoms with Gasteiger partial charge >= 0.3 is 0 Å². The molecule has 6 heteroatoms. The molecule has 0 aliphatic carbocycles. The van der Waals surface area contributed by atoms with Crippen LogP contribution in [0, 0.1) is 0 Å². The molecule has 0 aliphatic heterocycles. The highest BCUT2D eigenvalue weighted by Crippen LogP contribution is 1.85. The van der Waals surface area contributed by atoms with Gasteiger partial charge in [-0.3, -0.25) is 9.59 Å². The minimum Gasteiger partial charge on any atom is -0.370 e. The molecule has 0 bridgehead atoms. The van der Waals surface area contributed by atoms with Gasteiger partial charge in [0.05, 0.1) is 13.2 Å². The van der Waals surface area contributed by atoms with Crippen LogP contribution in [-0.2, 0) is 14.3 Å². The first-order chi connectivity index (χ1) is 6.07. The lowest BCUT2D eigenvalue weighted by Gasteiger charge is -2.14. The Balaban J connectivity index is 3.63. The molecule has 76 valence electrons. The maximum Gasteiger partial charge on any atom is 0.248 e. The van der Waals surface area contributed by atoms with Gasteiger partial charge in [-0.05, 0) is 0 Å². The number of carbonyl (C=O) groups excluding carboxylic acids is 2. The Morgan fingerprint density at radius 2 is 2.08 bits per heavy atom. The van der Waals surface area contributed by atoms with Gasteiger partial charge in [0.2, 0.25) is 11.8 Å². The minimum atomic E-state index is -0.547. The number of nitrogens with two attached hydrogens (primary N) is 2. The molecule has 0 radical (unpaired) electrons. The Labute approximate surface area is 76.8 Å². The van der Waals surface area contributed by atoms with Gasteiger partial charge in [0, 0.05) is 13.6 Å². The Morgan fingerprint density at radius 3 is 2.54 bits per heavy atom. The van der Waals surface area contributed by atoms with Crippen molar-refractivity contribution in [3.8, 4) is 0 Å². The highest BCUT2D eigenvalue weighted by molar-refractivity contribution is 5.84. The first kappa shape index (κ1) is 11.9. The number of amides is 2. The van der Waals surface area contributed by atoms with Gasteiger partial charge < -0.3 is 21.1 Å². The molecule has 0 fully saturated rings. The summed E-state index contributed by atoms with van der Waals surface area (Å²) in [6.45, 7) is 0.536. The van der Waals surface area contributed by atoms with Crippen molar-refractivity contribution in [3.05, 3.63) is 0 Å². The van der Waals surface area contributed by atoms with Crippen LogP contribution in [0.2, 0.25) is 0 Å². The number of hydrogen-bond acceptors (Lipinski definition) is 4. The molecule has 0 heterocycles. The number of hydrogen-bond donors (Lipinski definition) is 2. The Kier molecular flexibility index (Phi) is 5.82. The summed E-state index contributed by atoms with van der Waals surface area (Å²) in [4.78, 5) is 22.7. The highest BCUT2D eigenvalue weighted by atomic mass is 16.5. The fraction of sp³-hybridized carbons (Fsp3) is 0.714. The van der Waals surface area contributed by atoms with Crippen molar-refractivity contribution < 1.29 is 14.3 Å². The summed E-state index contributed by atoms with van der Waals surface area (Å²) in [5.74, 6) is -0.832. The average molecular weight is 189 g/mol. The van der Waals surface area contributed by atoms with Gasteiger partial charge in [-0.25, -0.2) is 0 Å². The monoisotopic (exact) mass is 189 g/mol. The topological polar surface area (TPSA) is 98.6 Å². The third-order valence-corrected chi connectivity index (χ3v) is 1.31. The Bertz CT molecular complexity index is 184. The van der Waals surface area contributed by atoms with E-state index in [9.17, 15) is 9.59 Å². The van der Waals surface area contributed by atoms with Gasteiger partial charge in [0.25, 0.3) is 0 Å². The lowest BCUT2D eigenvalue weighted by Crippen LogP contribution is -2.37. The molecule has 0 saturated heterocycles. The van der Waals surface area contributed by atoms with E-state index < -0.39 is 5.91 Å². The fourth-order valence-electron chi connectivity index (χ4n) is 0.675. The van der Waals surface area contributed by atoms with E-state index in [0.29, 0.717) is 13.2 Å². The van der Waals surface area contributed by atoms with Crippen LogP contribution in [0.4, 0.5) is 0 Å². The lowest BCUT2D eigenvalue weighted by molar-refractivity contribution is -0.137. The summed E-state index contributed by atoms with van der Waals surface area (Å²) < 4.78 is 4.88. The molecule has 2 amide bonds. The number of nitrogens with zero attached hydrogens (tertiary/aromatic N) is 1. The SMILES string of the molecule is CN(CC(N)=O)C(=O)COCCN. The zero-order valence-corrected chi connectivity index (χ0v) is 7.66. The molecule has 6 nitrogen and oxygen atoms in total. The van der Waals surface area contributed by atoms with Crippen LogP contribution in [-0.4, -0.2) is 50.1 Å². The van der Waals surface area contributed by atoms with Crippen LogP contribution in [0.25, 0.3) is 0 Å². The van der Waals surface area contributed by atoms with Gasteiger partial charge in [-0.1, -0.05) is 0 Å². The van der Waals surface area contributed by atoms with Gasteiger partial charge in [0.1, 0.15) is 6.61 Å². The predicted octanol–water partition coefficient (Wildman–Crippen LogP) is -2.09. The van der Waals surface area contributed by atoms with E-state index in [1.54, 1.807) is 0 Å². The number of rotatable bonds is 6. The largest absolute Gasteiger partial charge is 0.370 e. The van der Waals surface area contributed by atoms with Crippen molar-refractivity contribution in [3.63, 3.8) is 0 Å². The molecule has 0 rings (SSSR count). The third-order valence-electron chi connectivity index (χ3n) is 1.31. The van der Waals surface area contributed by atoms with E-state index in [4.69, 9.17) is 16.2 Å². The molecule has 4 N–H and O–H groups in total. The van der Waals surface area contributed by atoms with Crippen molar-refractivity contribution in [2.45, 2.75) is 0 Å². The standard InChI is InChI=1S/C7H15N3O3/c1-10(4-6(9)11)7(12)5-13-3-2-8/h2-5,8H2,1H3,(H2,9,11). The number of likely N-dealkylation sites (N-methyl/N-ethyl adjacent to an activating group) is 1. The number of ether oxygens (including phenoxy) is 1. The first-order valence-corrected chi connectivity index (χ1v) is 3.88. The summed E-state index contributed by atoms with van der Waals surface area (Å²) in [6, 6.07) is 0. The summed E-state index contributed by atoms with van der Waals surface area (Å²) in [7, 11) is 1.49.